The molecule has 1 unspecified atom stereocenters. The standard InChI is InChI=1S/C20H32ClN3O2/c1-5-20(3,4)22-19(25)16(2)24-12-10-23(11-13-24)14-15-26-18-9-7-6-8-17(18)21/h6-9,16H,5,10-15H2,1-4H3,(H,22,25). The summed E-state index contributed by atoms with van der Waals surface area (Å²) < 4.78 is 5.77. The van der Waals surface area contributed by atoms with Crippen LogP contribution in [-0.2, 0) is 4.79 Å². The molecule has 0 aliphatic carbocycles. The van der Waals surface area contributed by atoms with E-state index in [1.54, 1.807) is 0 Å². The number of hydrogen-bond acceptors (Lipinski definition) is 4. The van der Waals surface area contributed by atoms with Crippen LogP contribution in [0.15, 0.2) is 24.3 Å². The Morgan fingerprint density at radius 3 is 2.54 bits per heavy atom. The molecule has 1 aromatic rings. The number of rotatable bonds is 8. The van der Waals surface area contributed by atoms with Crippen molar-refractivity contribution in [3.63, 3.8) is 0 Å². The van der Waals surface area contributed by atoms with Crippen molar-refractivity contribution in [3.8, 4) is 5.75 Å². The summed E-state index contributed by atoms with van der Waals surface area (Å²) >= 11 is 6.10. The number of carbonyl (C=O) groups is 1. The molecule has 1 atom stereocenters. The van der Waals surface area contributed by atoms with Crippen molar-refractivity contribution in [2.24, 2.45) is 0 Å². The Balaban J connectivity index is 1.71. The monoisotopic (exact) mass is 381 g/mol. The topological polar surface area (TPSA) is 44.8 Å². The summed E-state index contributed by atoms with van der Waals surface area (Å²) in [6.45, 7) is 13.4. The fraction of sp³-hybridized carbons (Fsp3) is 0.650. The van der Waals surface area contributed by atoms with Crippen LogP contribution in [0.3, 0.4) is 0 Å². The molecule has 146 valence electrons. The molecule has 0 radical (unpaired) electrons. The van der Waals surface area contributed by atoms with E-state index in [2.05, 4.69) is 35.9 Å². The van der Waals surface area contributed by atoms with Gasteiger partial charge in [-0.3, -0.25) is 14.6 Å². The first-order valence-corrected chi connectivity index (χ1v) is 9.86. The van der Waals surface area contributed by atoms with Gasteiger partial charge in [0.2, 0.25) is 5.91 Å². The first-order chi connectivity index (χ1) is 12.3. The van der Waals surface area contributed by atoms with Gasteiger partial charge in [-0.1, -0.05) is 30.7 Å². The van der Waals surface area contributed by atoms with Gasteiger partial charge in [0.15, 0.2) is 0 Å². The van der Waals surface area contributed by atoms with Gasteiger partial charge in [0.1, 0.15) is 12.4 Å². The summed E-state index contributed by atoms with van der Waals surface area (Å²) in [6, 6.07) is 7.45. The molecule has 1 amide bonds. The number of halogens is 1. The van der Waals surface area contributed by atoms with Crippen molar-refractivity contribution in [3.05, 3.63) is 29.3 Å². The van der Waals surface area contributed by atoms with Gasteiger partial charge in [-0.2, -0.15) is 0 Å². The highest BCUT2D eigenvalue weighted by Crippen LogP contribution is 2.23. The summed E-state index contributed by atoms with van der Waals surface area (Å²) in [6.07, 6.45) is 0.921. The maximum atomic E-state index is 12.5. The molecule has 0 spiro atoms. The Labute approximate surface area is 162 Å². The van der Waals surface area contributed by atoms with Crippen molar-refractivity contribution in [1.29, 1.82) is 0 Å². The number of ether oxygens (including phenoxy) is 1. The molecule has 1 aliphatic heterocycles. The minimum Gasteiger partial charge on any atom is -0.491 e. The maximum absolute atomic E-state index is 12.5. The summed E-state index contributed by atoms with van der Waals surface area (Å²) in [5.74, 6) is 0.851. The number of hydrogen-bond donors (Lipinski definition) is 1. The number of para-hydroxylation sites is 1. The van der Waals surface area contributed by atoms with E-state index in [4.69, 9.17) is 16.3 Å². The van der Waals surface area contributed by atoms with E-state index < -0.39 is 0 Å². The lowest BCUT2D eigenvalue weighted by Gasteiger charge is -2.38. The molecule has 0 bridgehead atoms. The molecule has 1 N–H and O–H groups in total. The first kappa shape index (κ1) is 21.0. The minimum atomic E-state index is -0.150. The van der Waals surface area contributed by atoms with Gasteiger partial charge in [0.25, 0.3) is 0 Å². The zero-order valence-corrected chi connectivity index (χ0v) is 17.2. The van der Waals surface area contributed by atoms with E-state index in [1.807, 2.05) is 31.2 Å². The Bertz CT molecular complexity index is 586. The van der Waals surface area contributed by atoms with Crippen LogP contribution in [0.4, 0.5) is 0 Å². The Morgan fingerprint density at radius 2 is 1.92 bits per heavy atom. The van der Waals surface area contributed by atoms with Crippen molar-refractivity contribution in [1.82, 2.24) is 15.1 Å². The number of amides is 1. The van der Waals surface area contributed by atoms with Gasteiger partial charge in [-0.05, 0) is 39.3 Å². The lowest BCUT2D eigenvalue weighted by Crippen LogP contribution is -2.56. The van der Waals surface area contributed by atoms with Crippen molar-refractivity contribution < 1.29 is 9.53 Å². The smallest absolute Gasteiger partial charge is 0.237 e. The molecule has 26 heavy (non-hydrogen) atoms. The third-order valence-corrected chi connectivity index (χ3v) is 5.49. The van der Waals surface area contributed by atoms with Crippen LogP contribution in [0.2, 0.25) is 5.02 Å². The fourth-order valence-corrected chi connectivity index (χ4v) is 3.10. The zero-order chi connectivity index (χ0) is 19.2. The second kappa shape index (κ2) is 9.58. The lowest BCUT2D eigenvalue weighted by molar-refractivity contribution is -0.128. The Morgan fingerprint density at radius 1 is 1.27 bits per heavy atom. The molecular formula is C20H32ClN3O2. The predicted molar refractivity (Wildman–Crippen MR) is 107 cm³/mol. The van der Waals surface area contributed by atoms with Gasteiger partial charge >= 0.3 is 0 Å². The van der Waals surface area contributed by atoms with Crippen LogP contribution >= 0.6 is 11.6 Å². The second-order valence-corrected chi connectivity index (χ2v) is 7.97. The molecule has 2 rings (SSSR count). The summed E-state index contributed by atoms with van der Waals surface area (Å²) in [5.41, 5.74) is -0.150. The molecule has 1 heterocycles. The lowest BCUT2D eigenvalue weighted by atomic mass is 10.0. The average molecular weight is 382 g/mol. The van der Waals surface area contributed by atoms with Gasteiger partial charge in [0.05, 0.1) is 11.1 Å². The van der Waals surface area contributed by atoms with E-state index >= 15 is 0 Å². The van der Waals surface area contributed by atoms with Crippen LogP contribution in [0, 0.1) is 0 Å². The highest BCUT2D eigenvalue weighted by Gasteiger charge is 2.28. The van der Waals surface area contributed by atoms with E-state index in [9.17, 15) is 4.79 Å². The number of carbonyl (C=O) groups excluding carboxylic acids is 1. The molecule has 5 nitrogen and oxygen atoms in total. The van der Waals surface area contributed by atoms with Crippen molar-refractivity contribution in [2.75, 3.05) is 39.3 Å². The third kappa shape index (κ3) is 6.15. The van der Waals surface area contributed by atoms with Crippen LogP contribution in [0.25, 0.3) is 0 Å². The van der Waals surface area contributed by atoms with E-state index in [-0.39, 0.29) is 17.5 Å². The van der Waals surface area contributed by atoms with E-state index in [1.165, 1.54) is 0 Å². The molecular weight excluding hydrogens is 350 g/mol. The normalized spacial score (nSPS) is 17.7. The van der Waals surface area contributed by atoms with Gasteiger partial charge in [0, 0.05) is 38.3 Å². The molecule has 1 aliphatic rings. The highest BCUT2D eigenvalue weighted by molar-refractivity contribution is 6.32. The Kier molecular flexibility index (Phi) is 7.74. The number of benzene rings is 1. The summed E-state index contributed by atoms with van der Waals surface area (Å²) in [4.78, 5) is 17.1. The number of piperazine rings is 1. The summed E-state index contributed by atoms with van der Waals surface area (Å²) in [7, 11) is 0. The number of nitrogens with one attached hydrogen (secondary N) is 1. The second-order valence-electron chi connectivity index (χ2n) is 7.56. The SMILES string of the molecule is CCC(C)(C)NC(=O)C(C)N1CCN(CCOc2ccccc2Cl)CC1. The molecule has 1 fully saturated rings. The number of nitrogens with zero attached hydrogens (tertiary/aromatic N) is 2. The largest absolute Gasteiger partial charge is 0.491 e. The molecule has 1 saturated heterocycles. The predicted octanol–water partition coefficient (Wildman–Crippen LogP) is 3.03. The van der Waals surface area contributed by atoms with Crippen molar-refractivity contribution >= 4 is 17.5 Å². The van der Waals surface area contributed by atoms with Gasteiger partial charge in [-0.25, -0.2) is 0 Å². The van der Waals surface area contributed by atoms with Crippen LogP contribution in [0.5, 0.6) is 5.75 Å². The van der Waals surface area contributed by atoms with Gasteiger partial charge < -0.3 is 10.1 Å². The molecule has 1 aromatic carbocycles. The molecule has 0 aromatic heterocycles. The zero-order valence-electron chi connectivity index (χ0n) is 16.4. The maximum Gasteiger partial charge on any atom is 0.237 e. The Hall–Kier alpha value is -1.30. The van der Waals surface area contributed by atoms with Crippen LogP contribution in [-0.4, -0.2) is 66.6 Å². The highest BCUT2D eigenvalue weighted by atomic mass is 35.5. The molecule has 0 saturated carbocycles. The fourth-order valence-electron chi connectivity index (χ4n) is 2.91. The van der Waals surface area contributed by atoms with Crippen LogP contribution in [0.1, 0.15) is 34.1 Å². The van der Waals surface area contributed by atoms with Crippen molar-refractivity contribution in [2.45, 2.75) is 45.7 Å². The summed E-state index contributed by atoms with van der Waals surface area (Å²) in [5, 5.41) is 3.79. The molecule has 6 heteroatoms. The third-order valence-electron chi connectivity index (χ3n) is 5.18. The van der Waals surface area contributed by atoms with E-state index in [0.29, 0.717) is 11.6 Å². The average Bonchev–Trinajstić information content (AvgIpc) is 2.63. The minimum absolute atomic E-state index is 0.0950. The quantitative estimate of drug-likeness (QED) is 0.751. The van der Waals surface area contributed by atoms with Gasteiger partial charge in [-0.15, -0.1) is 0 Å². The van der Waals surface area contributed by atoms with Crippen LogP contribution < -0.4 is 10.1 Å². The van der Waals surface area contributed by atoms with E-state index in [0.717, 1.165) is 44.9 Å². The first-order valence-electron chi connectivity index (χ1n) is 9.48.